The summed E-state index contributed by atoms with van der Waals surface area (Å²) in [6.45, 7) is 2.24. The molecule has 0 aliphatic heterocycles. The van der Waals surface area contributed by atoms with Gasteiger partial charge in [0.2, 0.25) is 0 Å². The zero-order chi connectivity index (χ0) is 18.5. The Labute approximate surface area is 157 Å². The minimum Gasteiger partial charge on any atom is -0.482 e. The molecule has 3 heterocycles. The van der Waals surface area contributed by atoms with Crippen LogP contribution in [0.2, 0.25) is 0 Å². The fourth-order valence-electron chi connectivity index (χ4n) is 3.65. The first-order valence-electron chi connectivity index (χ1n) is 8.89. The maximum atomic E-state index is 13.7. The van der Waals surface area contributed by atoms with Crippen molar-refractivity contribution in [3.63, 3.8) is 0 Å². The monoisotopic (exact) mass is 384 g/mol. The number of para-hydroxylation sites is 1. The number of hydrogen-bond donors (Lipinski definition) is 1. The SMILES string of the molecule is CC1CCc2c(sc3[nH]c(=O)n4nc(COc5ccccc5F)nc4c23)C1. The molecule has 1 aromatic carbocycles. The van der Waals surface area contributed by atoms with Gasteiger partial charge < -0.3 is 4.74 Å². The highest BCUT2D eigenvalue weighted by Gasteiger charge is 2.24. The van der Waals surface area contributed by atoms with Crippen molar-refractivity contribution in [3.8, 4) is 5.75 Å². The number of nitrogens with one attached hydrogen (secondary N) is 1. The molecule has 1 atom stereocenters. The number of aryl methyl sites for hydroxylation is 1. The number of aromatic amines is 1. The molecule has 1 unspecified atom stereocenters. The van der Waals surface area contributed by atoms with Crippen LogP contribution in [0.5, 0.6) is 5.75 Å². The summed E-state index contributed by atoms with van der Waals surface area (Å²) in [5, 5.41) is 5.25. The standard InChI is InChI=1S/C19H17FN4O2S/c1-10-6-7-11-14(8-10)27-18-16(11)17-21-15(23-24(17)19(25)22-18)9-26-13-5-3-2-4-12(13)20/h2-5,10H,6-9H2,1H3,(H,22,25). The Morgan fingerprint density at radius 1 is 1.41 bits per heavy atom. The van der Waals surface area contributed by atoms with Gasteiger partial charge in [0, 0.05) is 4.88 Å². The lowest BCUT2D eigenvalue weighted by Gasteiger charge is -2.17. The smallest absolute Gasteiger partial charge is 0.349 e. The van der Waals surface area contributed by atoms with Gasteiger partial charge in [-0.1, -0.05) is 19.1 Å². The van der Waals surface area contributed by atoms with Gasteiger partial charge in [-0.25, -0.2) is 14.2 Å². The van der Waals surface area contributed by atoms with Gasteiger partial charge in [-0.3, -0.25) is 4.98 Å². The van der Waals surface area contributed by atoms with Gasteiger partial charge in [0.05, 0.1) is 5.39 Å². The van der Waals surface area contributed by atoms with E-state index in [1.165, 1.54) is 21.0 Å². The Bertz CT molecular complexity index is 1230. The Kier molecular flexibility index (Phi) is 3.75. The summed E-state index contributed by atoms with van der Waals surface area (Å²) >= 11 is 1.64. The highest BCUT2D eigenvalue weighted by molar-refractivity contribution is 7.19. The minimum atomic E-state index is -0.442. The number of nitrogens with zero attached hydrogens (tertiary/aromatic N) is 3. The molecule has 0 bridgehead atoms. The summed E-state index contributed by atoms with van der Waals surface area (Å²) in [5.41, 5.74) is 1.49. The molecular weight excluding hydrogens is 367 g/mol. The summed E-state index contributed by atoms with van der Waals surface area (Å²) in [4.78, 5) is 22.0. The number of hydrogen-bond acceptors (Lipinski definition) is 5. The van der Waals surface area contributed by atoms with E-state index >= 15 is 0 Å². The number of aromatic nitrogens is 4. The number of rotatable bonds is 3. The predicted molar refractivity (Wildman–Crippen MR) is 101 cm³/mol. The molecule has 0 amide bonds. The quantitative estimate of drug-likeness (QED) is 0.587. The van der Waals surface area contributed by atoms with Gasteiger partial charge in [0.1, 0.15) is 11.4 Å². The Balaban J connectivity index is 1.58. The van der Waals surface area contributed by atoms with E-state index in [0.717, 1.165) is 29.5 Å². The third-order valence-corrected chi connectivity index (χ3v) is 6.16. The number of benzene rings is 1. The third kappa shape index (κ3) is 2.71. The van der Waals surface area contributed by atoms with Crippen LogP contribution in [0.1, 0.15) is 29.6 Å². The number of fused-ring (bicyclic) bond motifs is 5. The van der Waals surface area contributed by atoms with E-state index in [9.17, 15) is 9.18 Å². The van der Waals surface area contributed by atoms with Crippen LogP contribution in [0, 0.1) is 11.7 Å². The van der Waals surface area contributed by atoms with Crippen molar-refractivity contribution in [1.29, 1.82) is 0 Å². The molecule has 8 heteroatoms. The molecular formula is C19H17FN4O2S. The first kappa shape index (κ1) is 16.4. The van der Waals surface area contributed by atoms with Gasteiger partial charge in [-0.05, 0) is 42.9 Å². The summed E-state index contributed by atoms with van der Waals surface area (Å²) < 4.78 is 20.5. The van der Waals surface area contributed by atoms with Crippen LogP contribution < -0.4 is 10.4 Å². The van der Waals surface area contributed by atoms with Gasteiger partial charge in [0.15, 0.2) is 23.0 Å². The summed E-state index contributed by atoms with van der Waals surface area (Å²) in [5.74, 6) is 0.691. The molecule has 3 aromatic heterocycles. The van der Waals surface area contributed by atoms with Crippen molar-refractivity contribution < 1.29 is 9.13 Å². The van der Waals surface area contributed by atoms with Crippen molar-refractivity contribution in [3.05, 3.63) is 56.8 Å². The fourth-order valence-corrected chi connectivity index (χ4v) is 5.05. The summed E-state index contributed by atoms with van der Waals surface area (Å²) in [6, 6.07) is 6.18. The predicted octanol–water partition coefficient (Wildman–Crippen LogP) is 3.48. The van der Waals surface area contributed by atoms with Gasteiger partial charge >= 0.3 is 5.69 Å². The maximum absolute atomic E-state index is 13.7. The zero-order valence-corrected chi connectivity index (χ0v) is 15.5. The number of thiophene rings is 1. The van der Waals surface area contributed by atoms with Crippen LogP contribution >= 0.6 is 11.3 Å². The topological polar surface area (TPSA) is 72.3 Å². The first-order valence-corrected chi connectivity index (χ1v) is 9.71. The molecule has 0 fully saturated rings. The van der Waals surface area contributed by atoms with Crippen molar-refractivity contribution >= 4 is 27.2 Å². The second kappa shape index (κ2) is 6.16. The molecule has 4 aromatic rings. The van der Waals surface area contributed by atoms with E-state index < -0.39 is 5.82 Å². The van der Waals surface area contributed by atoms with E-state index in [4.69, 9.17) is 4.74 Å². The molecule has 0 saturated carbocycles. The second-order valence-electron chi connectivity index (χ2n) is 6.97. The largest absolute Gasteiger partial charge is 0.482 e. The second-order valence-corrected chi connectivity index (χ2v) is 8.07. The minimum absolute atomic E-state index is 0.00704. The molecule has 27 heavy (non-hydrogen) atoms. The fraction of sp³-hybridized carbons (Fsp3) is 0.316. The molecule has 1 aliphatic rings. The molecule has 1 N–H and O–H groups in total. The lowest BCUT2D eigenvalue weighted by atomic mass is 9.89. The molecule has 0 radical (unpaired) electrons. The molecule has 0 spiro atoms. The van der Waals surface area contributed by atoms with E-state index in [1.807, 2.05) is 0 Å². The first-order chi connectivity index (χ1) is 13.1. The van der Waals surface area contributed by atoms with Crippen LogP contribution in [-0.2, 0) is 19.4 Å². The Morgan fingerprint density at radius 3 is 3.11 bits per heavy atom. The van der Waals surface area contributed by atoms with E-state index in [2.05, 4.69) is 22.0 Å². The summed E-state index contributed by atoms with van der Waals surface area (Å²) in [7, 11) is 0. The molecule has 6 nitrogen and oxygen atoms in total. The van der Waals surface area contributed by atoms with Gasteiger partial charge in [-0.15, -0.1) is 16.4 Å². The zero-order valence-electron chi connectivity index (χ0n) is 14.7. The lowest BCUT2D eigenvalue weighted by Crippen LogP contribution is -2.17. The molecule has 0 saturated heterocycles. The highest BCUT2D eigenvalue weighted by atomic mass is 32.1. The van der Waals surface area contributed by atoms with E-state index in [-0.39, 0.29) is 18.0 Å². The van der Waals surface area contributed by atoms with Gasteiger partial charge in [0.25, 0.3) is 0 Å². The molecule has 138 valence electrons. The van der Waals surface area contributed by atoms with Crippen LogP contribution in [0.4, 0.5) is 4.39 Å². The Morgan fingerprint density at radius 2 is 2.26 bits per heavy atom. The lowest BCUT2D eigenvalue weighted by molar-refractivity contribution is 0.281. The van der Waals surface area contributed by atoms with Crippen LogP contribution in [0.25, 0.3) is 15.9 Å². The molecule has 5 rings (SSSR count). The normalized spacial score (nSPS) is 16.7. The van der Waals surface area contributed by atoms with E-state index in [1.54, 1.807) is 29.5 Å². The average Bonchev–Trinajstić information content (AvgIpc) is 3.21. The van der Waals surface area contributed by atoms with Gasteiger partial charge in [-0.2, -0.15) is 4.52 Å². The van der Waals surface area contributed by atoms with Crippen molar-refractivity contribution in [2.45, 2.75) is 32.8 Å². The van der Waals surface area contributed by atoms with Crippen molar-refractivity contribution in [1.82, 2.24) is 19.6 Å². The van der Waals surface area contributed by atoms with Crippen molar-refractivity contribution in [2.75, 3.05) is 0 Å². The van der Waals surface area contributed by atoms with Crippen LogP contribution in [-0.4, -0.2) is 19.6 Å². The van der Waals surface area contributed by atoms with Crippen molar-refractivity contribution in [2.24, 2.45) is 5.92 Å². The Hall–Kier alpha value is -2.74. The summed E-state index contributed by atoms with van der Waals surface area (Å²) in [6.07, 6.45) is 3.13. The third-order valence-electron chi connectivity index (χ3n) is 4.99. The maximum Gasteiger partial charge on any atom is 0.349 e. The van der Waals surface area contributed by atoms with Crippen LogP contribution in [0.3, 0.4) is 0 Å². The highest BCUT2D eigenvalue weighted by Crippen LogP contribution is 2.38. The van der Waals surface area contributed by atoms with E-state index in [0.29, 0.717) is 17.4 Å². The number of H-pyrrole nitrogens is 1. The average molecular weight is 384 g/mol. The molecule has 1 aliphatic carbocycles. The number of ether oxygens (including phenoxy) is 1. The van der Waals surface area contributed by atoms with Crippen LogP contribution in [0.15, 0.2) is 29.1 Å². The number of halogens is 1.